The third-order valence-corrected chi connectivity index (χ3v) is 6.40. The van der Waals surface area contributed by atoms with Gasteiger partial charge < -0.3 is 9.47 Å². The molecule has 2 heterocycles. The summed E-state index contributed by atoms with van der Waals surface area (Å²) in [5, 5.41) is 0.685. The highest BCUT2D eigenvalue weighted by Gasteiger charge is 2.24. The minimum absolute atomic E-state index is 0.120. The van der Waals surface area contributed by atoms with Gasteiger partial charge in [0.1, 0.15) is 0 Å². The van der Waals surface area contributed by atoms with Crippen molar-refractivity contribution >= 4 is 32.6 Å². The van der Waals surface area contributed by atoms with Crippen molar-refractivity contribution in [2.45, 2.75) is 20.4 Å². The van der Waals surface area contributed by atoms with Crippen molar-refractivity contribution in [1.82, 2.24) is 4.98 Å². The molecule has 4 aromatic rings. The fourth-order valence-electron chi connectivity index (χ4n) is 3.51. The summed E-state index contributed by atoms with van der Waals surface area (Å²) < 4.78 is 11.9. The number of rotatable bonds is 4. The summed E-state index contributed by atoms with van der Waals surface area (Å²) in [6, 6.07) is 19.4. The van der Waals surface area contributed by atoms with Crippen LogP contribution in [0.25, 0.3) is 10.2 Å². The van der Waals surface area contributed by atoms with E-state index < -0.39 is 0 Å². The van der Waals surface area contributed by atoms with Crippen molar-refractivity contribution in [2.24, 2.45) is 0 Å². The number of ether oxygens (including phenoxy) is 2. The van der Waals surface area contributed by atoms with Gasteiger partial charge in [-0.3, -0.25) is 9.69 Å². The molecule has 1 amide bonds. The van der Waals surface area contributed by atoms with Gasteiger partial charge in [-0.1, -0.05) is 47.7 Å². The van der Waals surface area contributed by atoms with Gasteiger partial charge >= 0.3 is 0 Å². The van der Waals surface area contributed by atoms with Crippen LogP contribution >= 0.6 is 11.3 Å². The third-order valence-electron chi connectivity index (χ3n) is 5.35. The highest BCUT2D eigenvalue weighted by atomic mass is 32.1. The molecule has 3 aromatic carbocycles. The predicted molar refractivity (Wildman–Crippen MR) is 119 cm³/mol. The fourth-order valence-corrected chi connectivity index (χ4v) is 4.53. The lowest BCUT2D eigenvalue weighted by Gasteiger charge is -2.20. The molecule has 1 aliphatic heterocycles. The quantitative estimate of drug-likeness (QED) is 0.441. The smallest absolute Gasteiger partial charge is 0.260 e. The van der Waals surface area contributed by atoms with Crippen LogP contribution in [0.5, 0.6) is 11.5 Å². The molecule has 0 unspecified atom stereocenters. The highest BCUT2D eigenvalue weighted by Crippen LogP contribution is 2.36. The normalized spacial score (nSPS) is 12.3. The molecule has 0 saturated heterocycles. The number of nitrogens with zero attached hydrogens (tertiary/aromatic N) is 2. The standard InChI is InChI=1S/C24H20N2O3S/c1-15-8-11-21-22(16(15)2)25-24(30-21)26(13-17-6-4-3-5-7-17)23(27)18-9-10-19-20(12-18)29-14-28-19/h3-12H,13-14H2,1-2H3. The van der Waals surface area contributed by atoms with Crippen LogP contribution in [0.1, 0.15) is 27.0 Å². The first kappa shape index (κ1) is 18.6. The molecule has 0 aliphatic carbocycles. The molecule has 0 atom stereocenters. The molecule has 0 saturated carbocycles. The Labute approximate surface area is 178 Å². The molecule has 0 N–H and O–H groups in total. The van der Waals surface area contributed by atoms with Crippen LogP contribution in [-0.4, -0.2) is 17.7 Å². The molecule has 0 fully saturated rings. The number of aryl methyl sites for hydroxylation is 2. The van der Waals surface area contributed by atoms with Gasteiger partial charge in [0.2, 0.25) is 6.79 Å². The number of thiazole rings is 1. The maximum Gasteiger partial charge on any atom is 0.260 e. The number of amides is 1. The second-order valence-electron chi connectivity index (χ2n) is 7.30. The summed E-state index contributed by atoms with van der Waals surface area (Å²) in [5.41, 5.74) is 4.87. The van der Waals surface area contributed by atoms with Crippen LogP contribution in [0.4, 0.5) is 5.13 Å². The van der Waals surface area contributed by atoms with E-state index in [9.17, 15) is 4.79 Å². The third kappa shape index (κ3) is 3.29. The molecule has 1 aliphatic rings. The highest BCUT2D eigenvalue weighted by molar-refractivity contribution is 7.22. The molecule has 0 bridgehead atoms. The molecule has 6 heteroatoms. The Balaban J connectivity index is 1.58. The topological polar surface area (TPSA) is 51.7 Å². The maximum absolute atomic E-state index is 13.6. The van der Waals surface area contributed by atoms with E-state index in [1.165, 1.54) is 16.9 Å². The van der Waals surface area contributed by atoms with E-state index in [-0.39, 0.29) is 12.7 Å². The van der Waals surface area contributed by atoms with Gasteiger partial charge in [0.15, 0.2) is 16.6 Å². The molecule has 0 spiro atoms. The van der Waals surface area contributed by atoms with Crippen molar-refractivity contribution in [3.05, 3.63) is 82.9 Å². The second kappa shape index (κ2) is 7.46. The molecular formula is C24H20N2O3S. The SMILES string of the molecule is Cc1ccc2sc(N(Cc3ccccc3)C(=O)c3ccc4c(c3)OCO4)nc2c1C. The maximum atomic E-state index is 13.6. The van der Waals surface area contributed by atoms with E-state index in [4.69, 9.17) is 14.5 Å². The number of carbonyl (C=O) groups is 1. The lowest BCUT2D eigenvalue weighted by molar-refractivity contribution is 0.0984. The van der Waals surface area contributed by atoms with E-state index >= 15 is 0 Å². The predicted octanol–water partition coefficient (Wildman–Crippen LogP) is 5.49. The average Bonchev–Trinajstić information content (AvgIpc) is 3.41. The Morgan fingerprint density at radius 2 is 1.83 bits per heavy atom. The molecule has 150 valence electrons. The van der Waals surface area contributed by atoms with E-state index in [2.05, 4.69) is 26.0 Å². The second-order valence-corrected chi connectivity index (χ2v) is 8.30. The van der Waals surface area contributed by atoms with Gasteiger partial charge in [0, 0.05) is 5.56 Å². The Morgan fingerprint density at radius 3 is 2.67 bits per heavy atom. The summed E-state index contributed by atoms with van der Waals surface area (Å²) in [5.74, 6) is 1.13. The Hall–Kier alpha value is -3.38. The molecule has 5 nitrogen and oxygen atoms in total. The Bertz CT molecular complexity index is 1250. The van der Waals surface area contributed by atoms with Gasteiger partial charge in [0.25, 0.3) is 5.91 Å². The first-order valence-corrected chi connectivity index (χ1v) is 10.5. The van der Waals surface area contributed by atoms with Crippen molar-refractivity contribution in [1.29, 1.82) is 0 Å². The lowest BCUT2D eigenvalue weighted by Crippen LogP contribution is -2.30. The van der Waals surface area contributed by atoms with Gasteiger partial charge in [-0.15, -0.1) is 0 Å². The fraction of sp³-hybridized carbons (Fsp3) is 0.167. The Morgan fingerprint density at radius 1 is 1.03 bits per heavy atom. The molecule has 0 radical (unpaired) electrons. The molecule has 5 rings (SSSR count). The van der Waals surface area contributed by atoms with Crippen LogP contribution < -0.4 is 14.4 Å². The average molecular weight is 417 g/mol. The first-order valence-electron chi connectivity index (χ1n) is 9.72. The van der Waals surface area contributed by atoms with Crippen molar-refractivity contribution in [3.63, 3.8) is 0 Å². The molecule has 30 heavy (non-hydrogen) atoms. The van der Waals surface area contributed by atoms with Crippen LogP contribution in [0, 0.1) is 13.8 Å². The number of aromatic nitrogens is 1. The van der Waals surface area contributed by atoms with E-state index in [1.807, 2.05) is 30.3 Å². The van der Waals surface area contributed by atoms with Gasteiger partial charge in [-0.25, -0.2) is 4.98 Å². The van der Waals surface area contributed by atoms with E-state index in [0.717, 1.165) is 21.3 Å². The van der Waals surface area contributed by atoms with Crippen molar-refractivity contribution < 1.29 is 14.3 Å². The van der Waals surface area contributed by atoms with Crippen molar-refractivity contribution in [2.75, 3.05) is 11.7 Å². The van der Waals surface area contributed by atoms with E-state index in [1.54, 1.807) is 23.1 Å². The van der Waals surface area contributed by atoms with Crippen molar-refractivity contribution in [3.8, 4) is 11.5 Å². The summed E-state index contributed by atoms with van der Waals surface area (Å²) >= 11 is 1.53. The number of carbonyl (C=O) groups excluding carboxylic acids is 1. The number of fused-ring (bicyclic) bond motifs is 2. The minimum atomic E-state index is -0.120. The minimum Gasteiger partial charge on any atom is -0.454 e. The number of benzene rings is 3. The first-order chi connectivity index (χ1) is 14.6. The molecular weight excluding hydrogens is 396 g/mol. The van der Waals surface area contributed by atoms with Gasteiger partial charge in [-0.05, 0) is 54.8 Å². The van der Waals surface area contributed by atoms with Crippen LogP contribution in [0.3, 0.4) is 0 Å². The lowest BCUT2D eigenvalue weighted by atomic mass is 10.1. The summed E-state index contributed by atoms with van der Waals surface area (Å²) in [6.45, 7) is 4.76. The van der Waals surface area contributed by atoms with Crippen LogP contribution in [0.2, 0.25) is 0 Å². The van der Waals surface area contributed by atoms with Gasteiger partial charge in [-0.2, -0.15) is 0 Å². The van der Waals surface area contributed by atoms with Crippen LogP contribution in [0.15, 0.2) is 60.7 Å². The zero-order valence-corrected chi connectivity index (χ0v) is 17.5. The monoisotopic (exact) mass is 416 g/mol. The van der Waals surface area contributed by atoms with E-state index in [0.29, 0.717) is 28.7 Å². The van der Waals surface area contributed by atoms with Crippen LogP contribution in [-0.2, 0) is 6.54 Å². The zero-order chi connectivity index (χ0) is 20.7. The van der Waals surface area contributed by atoms with Gasteiger partial charge in [0.05, 0.1) is 16.8 Å². The number of anilines is 1. The summed E-state index contributed by atoms with van der Waals surface area (Å²) in [6.07, 6.45) is 0. The molecule has 1 aromatic heterocycles. The number of hydrogen-bond acceptors (Lipinski definition) is 5. The largest absolute Gasteiger partial charge is 0.454 e. The zero-order valence-electron chi connectivity index (χ0n) is 16.7. The Kier molecular flexibility index (Phi) is 4.64. The number of hydrogen-bond donors (Lipinski definition) is 0. The summed E-state index contributed by atoms with van der Waals surface area (Å²) in [4.78, 5) is 20.2. The summed E-state index contributed by atoms with van der Waals surface area (Å²) in [7, 11) is 0.